The van der Waals surface area contributed by atoms with E-state index >= 15 is 0 Å². The van der Waals surface area contributed by atoms with Crippen molar-refractivity contribution in [2.45, 2.75) is 19.4 Å². The first kappa shape index (κ1) is 13.8. The highest BCUT2D eigenvalue weighted by Gasteiger charge is 2.25. The average Bonchev–Trinajstić information content (AvgIpc) is 3.30. The smallest absolute Gasteiger partial charge is 0.276 e. The fourth-order valence-electron chi connectivity index (χ4n) is 2.51. The van der Waals surface area contributed by atoms with Crippen LogP contribution in [0.25, 0.3) is 11.0 Å². The molecule has 0 atom stereocenters. The van der Waals surface area contributed by atoms with Crippen molar-refractivity contribution in [3.63, 3.8) is 0 Å². The van der Waals surface area contributed by atoms with Gasteiger partial charge in [-0.25, -0.2) is 14.1 Å². The lowest BCUT2D eigenvalue weighted by Gasteiger charge is -2.03. The van der Waals surface area contributed by atoms with Gasteiger partial charge in [0.05, 0.1) is 17.3 Å². The van der Waals surface area contributed by atoms with Gasteiger partial charge in [-0.2, -0.15) is 5.10 Å². The summed E-state index contributed by atoms with van der Waals surface area (Å²) >= 11 is 0. The molecule has 4 rings (SSSR count). The number of nitrogens with zero attached hydrogens (tertiary/aromatic N) is 4. The Balaban J connectivity index is 1.70. The van der Waals surface area contributed by atoms with E-state index in [1.807, 2.05) is 0 Å². The standard InChI is InChI=1S/C16H14FN5O/c17-12-8-18-7-5-13(12)20-16(23)14-11-2-1-6-19-15(11)22(21-14)9-10-3-4-10/h1-2,5-8,10H,3-4,9H2,(H,18,20,23). The van der Waals surface area contributed by atoms with Gasteiger partial charge in [0.15, 0.2) is 17.2 Å². The predicted molar refractivity (Wildman–Crippen MR) is 82.4 cm³/mol. The number of halogens is 1. The molecule has 1 amide bonds. The zero-order chi connectivity index (χ0) is 15.8. The van der Waals surface area contributed by atoms with Gasteiger partial charge in [0.2, 0.25) is 0 Å². The molecule has 0 spiro atoms. The molecule has 3 heterocycles. The fourth-order valence-corrected chi connectivity index (χ4v) is 2.51. The first-order valence-electron chi connectivity index (χ1n) is 7.45. The SMILES string of the molecule is O=C(Nc1ccncc1F)c1nn(CC2CC2)c2ncccc12. The summed E-state index contributed by atoms with van der Waals surface area (Å²) < 4.78 is 15.4. The molecule has 0 aliphatic heterocycles. The van der Waals surface area contributed by atoms with E-state index < -0.39 is 11.7 Å². The van der Waals surface area contributed by atoms with Crippen LogP contribution in [-0.4, -0.2) is 25.7 Å². The zero-order valence-electron chi connectivity index (χ0n) is 12.2. The number of aromatic nitrogens is 4. The Morgan fingerprint density at radius 3 is 3.00 bits per heavy atom. The van der Waals surface area contributed by atoms with E-state index in [4.69, 9.17) is 0 Å². The fraction of sp³-hybridized carbons (Fsp3) is 0.250. The molecule has 0 unspecified atom stereocenters. The molecule has 7 heteroatoms. The maximum Gasteiger partial charge on any atom is 0.276 e. The number of amides is 1. The number of pyridine rings is 2. The molecule has 23 heavy (non-hydrogen) atoms. The minimum atomic E-state index is -0.583. The van der Waals surface area contributed by atoms with Crippen LogP contribution in [0.3, 0.4) is 0 Å². The Bertz CT molecular complexity index is 887. The third-order valence-corrected chi connectivity index (χ3v) is 3.87. The molecule has 6 nitrogen and oxygen atoms in total. The minimum Gasteiger partial charge on any atom is -0.318 e. The second-order valence-electron chi connectivity index (χ2n) is 5.66. The molecule has 0 bridgehead atoms. The molecule has 3 aromatic heterocycles. The van der Waals surface area contributed by atoms with E-state index in [-0.39, 0.29) is 11.4 Å². The lowest BCUT2D eigenvalue weighted by Crippen LogP contribution is -2.15. The number of hydrogen-bond acceptors (Lipinski definition) is 4. The van der Waals surface area contributed by atoms with Crippen molar-refractivity contribution < 1.29 is 9.18 Å². The largest absolute Gasteiger partial charge is 0.318 e. The summed E-state index contributed by atoms with van der Waals surface area (Å²) in [6, 6.07) is 4.97. The molecule has 1 aliphatic carbocycles. The number of rotatable bonds is 4. The maximum atomic E-state index is 13.6. The molecule has 1 fully saturated rings. The average molecular weight is 311 g/mol. The summed E-state index contributed by atoms with van der Waals surface area (Å²) in [5.41, 5.74) is 1.02. The van der Waals surface area contributed by atoms with Crippen molar-refractivity contribution in [3.8, 4) is 0 Å². The van der Waals surface area contributed by atoms with Crippen molar-refractivity contribution in [1.29, 1.82) is 0 Å². The van der Waals surface area contributed by atoms with Gasteiger partial charge >= 0.3 is 0 Å². The number of fused-ring (bicyclic) bond motifs is 1. The molecule has 1 saturated carbocycles. The third kappa shape index (κ3) is 2.65. The zero-order valence-corrected chi connectivity index (χ0v) is 12.2. The van der Waals surface area contributed by atoms with Crippen molar-refractivity contribution in [2.24, 2.45) is 5.92 Å². The van der Waals surface area contributed by atoms with Gasteiger partial charge in [0.25, 0.3) is 5.91 Å². The van der Waals surface area contributed by atoms with E-state index in [0.717, 1.165) is 12.7 Å². The Hall–Kier alpha value is -2.83. The van der Waals surface area contributed by atoms with Crippen molar-refractivity contribution in [3.05, 3.63) is 48.3 Å². The number of hydrogen-bond donors (Lipinski definition) is 1. The summed E-state index contributed by atoms with van der Waals surface area (Å²) in [6.07, 6.45) is 6.51. The van der Waals surface area contributed by atoms with Crippen LogP contribution in [0.2, 0.25) is 0 Å². The summed E-state index contributed by atoms with van der Waals surface area (Å²) in [5.74, 6) is -0.433. The van der Waals surface area contributed by atoms with Gasteiger partial charge in [-0.05, 0) is 37.0 Å². The molecule has 0 saturated heterocycles. The van der Waals surface area contributed by atoms with Gasteiger partial charge in [-0.1, -0.05) is 0 Å². The van der Waals surface area contributed by atoms with Crippen LogP contribution < -0.4 is 5.32 Å². The molecule has 3 aromatic rings. The van der Waals surface area contributed by atoms with Crippen LogP contribution >= 0.6 is 0 Å². The molecular weight excluding hydrogens is 297 g/mol. The third-order valence-electron chi connectivity index (χ3n) is 3.87. The van der Waals surface area contributed by atoms with E-state index in [0.29, 0.717) is 17.0 Å². The van der Waals surface area contributed by atoms with Crippen LogP contribution in [0, 0.1) is 11.7 Å². The molecule has 0 radical (unpaired) electrons. The Morgan fingerprint density at radius 1 is 1.35 bits per heavy atom. The van der Waals surface area contributed by atoms with E-state index in [1.54, 1.807) is 23.0 Å². The van der Waals surface area contributed by atoms with Gasteiger partial charge in [0.1, 0.15) is 0 Å². The summed E-state index contributed by atoms with van der Waals surface area (Å²) in [6.45, 7) is 0.754. The first-order valence-corrected chi connectivity index (χ1v) is 7.45. The van der Waals surface area contributed by atoms with E-state index in [2.05, 4.69) is 20.4 Å². The number of anilines is 1. The highest BCUT2D eigenvalue weighted by molar-refractivity contribution is 6.10. The molecule has 116 valence electrons. The lowest BCUT2D eigenvalue weighted by molar-refractivity contribution is 0.102. The second-order valence-corrected chi connectivity index (χ2v) is 5.66. The van der Waals surface area contributed by atoms with E-state index in [1.165, 1.54) is 25.1 Å². The molecule has 1 aliphatic rings. The van der Waals surface area contributed by atoms with Crippen molar-refractivity contribution in [2.75, 3.05) is 5.32 Å². The highest BCUT2D eigenvalue weighted by atomic mass is 19.1. The van der Waals surface area contributed by atoms with Gasteiger partial charge < -0.3 is 5.32 Å². The van der Waals surface area contributed by atoms with Gasteiger partial charge in [-0.3, -0.25) is 9.78 Å². The maximum absolute atomic E-state index is 13.6. The lowest BCUT2D eigenvalue weighted by atomic mass is 10.2. The molecular formula is C16H14FN5O. The Morgan fingerprint density at radius 2 is 2.22 bits per heavy atom. The highest BCUT2D eigenvalue weighted by Crippen LogP contribution is 2.31. The Labute approximate surface area is 131 Å². The first-order chi connectivity index (χ1) is 11.2. The van der Waals surface area contributed by atoms with Crippen molar-refractivity contribution >= 4 is 22.6 Å². The number of carbonyl (C=O) groups is 1. The van der Waals surface area contributed by atoms with Crippen molar-refractivity contribution in [1.82, 2.24) is 19.7 Å². The summed E-state index contributed by atoms with van der Waals surface area (Å²) in [5, 5.41) is 7.61. The number of carbonyl (C=O) groups excluding carboxylic acids is 1. The van der Waals surface area contributed by atoms with Crippen LogP contribution in [0.1, 0.15) is 23.3 Å². The van der Waals surface area contributed by atoms with Crippen LogP contribution in [-0.2, 0) is 6.54 Å². The molecule has 0 aromatic carbocycles. The minimum absolute atomic E-state index is 0.0822. The molecule has 1 N–H and O–H groups in total. The predicted octanol–water partition coefficient (Wildman–Crippen LogP) is 2.63. The topological polar surface area (TPSA) is 72.7 Å². The van der Waals surface area contributed by atoms with Crippen LogP contribution in [0.15, 0.2) is 36.8 Å². The van der Waals surface area contributed by atoms with Gasteiger partial charge in [-0.15, -0.1) is 0 Å². The van der Waals surface area contributed by atoms with Crippen LogP contribution in [0.5, 0.6) is 0 Å². The summed E-state index contributed by atoms with van der Waals surface area (Å²) in [4.78, 5) is 20.5. The number of nitrogens with one attached hydrogen (secondary N) is 1. The van der Waals surface area contributed by atoms with E-state index in [9.17, 15) is 9.18 Å². The Kier molecular flexibility index (Phi) is 3.25. The second kappa shape index (κ2) is 5.42. The normalized spacial score (nSPS) is 14.1. The quantitative estimate of drug-likeness (QED) is 0.804. The van der Waals surface area contributed by atoms with Gasteiger partial charge in [0, 0.05) is 18.9 Å². The van der Waals surface area contributed by atoms with Crippen LogP contribution in [0.4, 0.5) is 10.1 Å². The summed E-state index contributed by atoms with van der Waals surface area (Å²) in [7, 11) is 0. The monoisotopic (exact) mass is 311 g/mol.